The van der Waals surface area contributed by atoms with Gasteiger partial charge in [-0.1, -0.05) is 24.3 Å². The van der Waals surface area contributed by atoms with E-state index in [-0.39, 0.29) is 18.8 Å². The Balaban J connectivity index is 2.12. The van der Waals surface area contributed by atoms with E-state index in [4.69, 9.17) is 5.11 Å². The van der Waals surface area contributed by atoms with Gasteiger partial charge in [-0.2, -0.15) is 0 Å². The number of aromatic carboxylic acids is 1. The van der Waals surface area contributed by atoms with Gasteiger partial charge in [0.1, 0.15) is 0 Å². The van der Waals surface area contributed by atoms with E-state index in [9.17, 15) is 15.0 Å². The summed E-state index contributed by atoms with van der Waals surface area (Å²) >= 11 is 1.52. The summed E-state index contributed by atoms with van der Waals surface area (Å²) in [5.41, 5.74) is 2.77. The maximum Gasteiger partial charge on any atom is 0.335 e. The van der Waals surface area contributed by atoms with Crippen molar-refractivity contribution in [3.05, 3.63) is 64.7 Å². The van der Waals surface area contributed by atoms with Crippen molar-refractivity contribution in [2.45, 2.75) is 23.9 Å². The highest BCUT2D eigenvalue weighted by Crippen LogP contribution is 2.25. The maximum atomic E-state index is 10.9. The van der Waals surface area contributed by atoms with Crippen LogP contribution in [0.3, 0.4) is 0 Å². The molecule has 0 bridgehead atoms. The first kappa shape index (κ1) is 15.6. The Morgan fingerprint density at radius 3 is 2.14 bits per heavy atom. The highest BCUT2D eigenvalue weighted by molar-refractivity contribution is 7.98. The van der Waals surface area contributed by atoms with Crippen LogP contribution >= 0.6 is 11.8 Å². The molecule has 3 N–H and O–H groups in total. The van der Waals surface area contributed by atoms with Crippen molar-refractivity contribution in [1.29, 1.82) is 0 Å². The molecule has 0 aliphatic heterocycles. The Bertz CT molecular complexity index is 618. The highest BCUT2D eigenvalue weighted by Gasteiger charge is 2.05. The number of carboxylic acid groups (broad SMARTS) is 1. The van der Waals surface area contributed by atoms with Crippen molar-refractivity contribution in [1.82, 2.24) is 0 Å². The van der Waals surface area contributed by atoms with Crippen LogP contribution in [-0.4, -0.2) is 21.3 Å². The predicted molar refractivity (Wildman–Crippen MR) is 81.2 cm³/mol. The van der Waals surface area contributed by atoms with E-state index in [0.29, 0.717) is 5.75 Å². The monoisotopic (exact) mass is 304 g/mol. The molecule has 0 atom stereocenters. The minimum atomic E-state index is -0.942. The van der Waals surface area contributed by atoms with Crippen molar-refractivity contribution in [2.75, 3.05) is 0 Å². The van der Waals surface area contributed by atoms with Gasteiger partial charge >= 0.3 is 5.97 Å². The number of hydrogen-bond donors (Lipinski definition) is 3. The number of benzene rings is 2. The quantitative estimate of drug-likeness (QED) is 0.715. The molecule has 21 heavy (non-hydrogen) atoms. The Morgan fingerprint density at radius 1 is 0.952 bits per heavy atom. The normalized spacial score (nSPS) is 10.6. The lowest BCUT2D eigenvalue weighted by Gasteiger charge is -2.07. The number of hydrogen-bond acceptors (Lipinski definition) is 4. The summed E-state index contributed by atoms with van der Waals surface area (Å²) in [4.78, 5) is 11.8. The van der Waals surface area contributed by atoms with Gasteiger partial charge in [0.2, 0.25) is 0 Å². The fourth-order valence-electron chi connectivity index (χ4n) is 1.99. The molecular weight excluding hydrogens is 288 g/mol. The lowest BCUT2D eigenvalue weighted by atomic mass is 10.1. The summed E-state index contributed by atoms with van der Waals surface area (Å²) in [6, 6.07) is 12.3. The first-order valence-electron chi connectivity index (χ1n) is 6.42. The van der Waals surface area contributed by atoms with E-state index in [2.05, 4.69) is 0 Å². The molecule has 4 nitrogen and oxygen atoms in total. The van der Waals surface area contributed by atoms with Crippen LogP contribution in [0.5, 0.6) is 0 Å². The number of carboxylic acids is 1. The van der Waals surface area contributed by atoms with Crippen LogP contribution in [0.25, 0.3) is 0 Å². The number of aliphatic hydroxyl groups is 2. The van der Waals surface area contributed by atoms with Gasteiger partial charge in [0, 0.05) is 10.6 Å². The van der Waals surface area contributed by atoms with Crippen LogP contribution in [0.1, 0.15) is 27.0 Å². The van der Waals surface area contributed by atoms with Crippen molar-refractivity contribution in [3.63, 3.8) is 0 Å². The van der Waals surface area contributed by atoms with Crippen molar-refractivity contribution < 1.29 is 20.1 Å². The largest absolute Gasteiger partial charge is 0.478 e. The predicted octanol–water partition coefficient (Wildman–Crippen LogP) is 2.66. The molecule has 0 aromatic heterocycles. The van der Waals surface area contributed by atoms with Gasteiger partial charge in [0.25, 0.3) is 0 Å². The third kappa shape index (κ3) is 4.32. The summed E-state index contributed by atoms with van der Waals surface area (Å²) in [5, 5.41) is 27.4. The molecule has 2 rings (SSSR count). The zero-order valence-corrected chi connectivity index (χ0v) is 12.1. The van der Waals surface area contributed by atoms with Gasteiger partial charge in [-0.15, -0.1) is 11.8 Å². The Hall–Kier alpha value is -1.82. The molecule has 2 aromatic carbocycles. The molecule has 0 heterocycles. The first-order chi connectivity index (χ1) is 10.1. The Kier molecular flexibility index (Phi) is 5.38. The van der Waals surface area contributed by atoms with Crippen LogP contribution in [-0.2, 0) is 19.0 Å². The fraction of sp³-hybridized carbons (Fsp3) is 0.188. The summed E-state index contributed by atoms with van der Waals surface area (Å²) in [7, 11) is 0. The number of aliphatic hydroxyl groups excluding tert-OH is 2. The van der Waals surface area contributed by atoms with Crippen molar-refractivity contribution in [2.24, 2.45) is 0 Å². The van der Waals surface area contributed by atoms with Gasteiger partial charge in [-0.25, -0.2) is 4.79 Å². The molecule has 0 radical (unpaired) electrons. The van der Waals surface area contributed by atoms with Crippen LogP contribution in [0.4, 0.5) is 0 Å². The minimum Gasteiger partial charge on any atom is -0.478 e. The topological polar surface area (TPSA) is 77.8 Å². The molecule has 0 fully saturated rings. The molecule has 110 valence electrons. The molecule has 0 unspecified atom stereocenters. The van der Waals surface area contributed by atoms with E-state index in [1.54, 1.807) is 24.3 Å². The molecule has 0 aliphatic carbocycles. The average molecular weight is 304 g/mol. The fourth-order valence-corrected chi connectivity index (χ4v) is 2.88. The van der Waals surface area contributed by atoms with Crippen LogP contribution < -0.4 is 0 Å². The second-order valence-corrected chi connectivity index (χ2v) is 5.64. The second kappa shape index (κ2) is 7.26. The summed E-state index contributed by atoms with van der Waals surface area (Å²) < 4.78 is 0. The van der Waals surface area contributed by atoms with Crippen molar-refractivity contribution >= 4 is 17.7 Å². The SMILES string of the molecule is O=C(O)c1cccc(SCc2cc(CO)cc(CO)c2)c1. The maximum absolute atomic E-state index is 10.9. The molecule has 0 amide bonds. The number of rotatable bonds is 6. The molecule has 0 aliphatic rings. The van der Waals surface area contributed by atoms with E-state index >= 15 is 0 Å². The van der Waals surface area contributed by atoms with E-state index in [0.717, 1.165) is 21.6 Å². The summed E-state index contributed by atoms with van der Waals surface area (Å²) in [6.45, 7) is -0.139. The molecule has 0 saturated carbocycles. The number of thioether (sulfide) groups is 1. The molecule has 0 saturated heterocycles. The summed E-state index contributed by atoms with van der Waals surface area (Å²) in [5.74, 6) is -0.300. The van der Waals surface area contributed by atoms with Gasteiger partial charge in [0.05, 0.1) is 18.8 Å². The lowest BCUT2D eigenvalue weighted by molar-refractivity contribution is 0.0696. The van der Waals surface area contributed by atoms with Crippen molar-refractivity contribution in [3.8, 4) is 0 Å². The Morgan fingerprint density at radius 2 is 1.57 bits per heavy atom. The second-order valence-electron chi connectivity index (χ2n) is 4.60. The zero-order valence-electron chi connectivity index (χ0n) is 11.3. The molecule has 5 heteroatoms. The van der Waals surface area contributed by atoms with Crippen LogP contribution in [0, 0.1) is 0 Å². The highest BCUT2D eigenvalue weighted by atomic mass is 32.2. The van der Waals surface area contributed by atoms with Crippen LogP contribution in [0.15, 0.2) is 47.4 Å². The first-order valence-corrected chi connectivity index (χ1v) is 7.40. The number of carbonyl (C=O) groups is 1. The lowest BCUT2D eigenvalue weighted by Crippen LogP contribution is -1.95. The van der Waals surface area contributed by atoms with E-state index in [1.807, 2.05) is 18.2 Å². The van der Waals surface area contributed by atoms with E-state index in [1.165, 1.54) is 11.8 Å². The van der Waals surface area contributed by atoms with E-state index < -0.39 is 5.97 Å². The smallest absolute Gasteiger partial charge is 0.335 e. The summed E-state index contributed by atoms with van der Waals surface area (Å²) in [6.07, 6.45) is 0. The minimum absolute atomic E-state index is 0.0694. The van der Waals surface area contributed by atoms with Crippen LogP contribution in [0.2, 0.25) is 0 Å². The van der Waals surface area contributed by atoms with Gasteiger partial charge < -0.3 is 15.3 Å². The van der Waals surface area contributed by atoms with Gasteiger partial charge in [0.15, 0.2) is 0 Å². The zero-order chi connectivity index (χ0) is 15.2. The van der Waals surface area contributed by atoms with Gasteiger partial charge in [-0.05, 0) is 34.9 Å². The molecule has 0 spiro atoms. The molecule has 2 aromatic rings. The third-order valence-corrected chi connectivity index (χ3v) is 4.03. The third-order valence-electron chi connectivity index (χ3n) is 2.96. The standard InChI is InChI=1S/C16H16O4S/c17-8-11-4-12(9-18)6-13(5-11)10-21-15-3-1-2-14(7-15)16(19)20/h1-7,17-18H,8-10H2,(H,19,20). The molecular formula is C16H16O4S. The average Bonchev–Trinajstić information content (AvgIpc) is 2.52. The van der Waals surface area contributed by atoms with Gasteiger partial charge in [-0.3, -0.25) is 0 Å². The Labute approximate surface area is 127 Å².